The smallest absolute Gasteiger partial charge is 0.240 e. The van der Waals surface area contributed by atoms with Gasteiger partial charge in [0.25, 0.3) is 0 Å². The van der Waals surface area contributed by atoms with Crippen molar-refractivity contribution in [3.8, 4) is 0 Å². The summed E-state index contributed by atoms with van der Waals surface area (Å²) in [5.74, 6) is 0.874. The number of aromatic nitrogens is 5. The first-order valence-electron chi connectivity index (χ1n) is 10.5. The van der Waals surface area contributed by atoms with Crippen molar-refractivity contribution in [3.05, 3.63) is 29.1 Å². The standard InChI is InChI=1S/C19H29ClN6O5S/c1-5-14(6-2)26-18(15-11-30-7-8-31-15)23-24-19(26)25-32(27,28)12(3)16(29-4)17-21-9-13(20)10-22-17/h9-10,12,14-16H,5-8,11H2,1-4H3,(H,24,25)/t12?,15-,16?/m0/s1. The molecule has 0 radical (unpaired) electrons. The monoisotopic (exact) mass is 488 g/mol. The molecule has 11 nitrogen and oxygen atoms in total. The van der Waals surface area contributed by atoms with Crippen molar-refractivity contribution in [1.82, 2.24) is 24.7 Å². The normalized spacial score (nSPS) is 19.1. The summed E-state index contributed by atoms with van der Waals surface area (Å²) in [7, 11) is -2.55. The minimum Gasteiger partial charge on any atom is -0.376 e. The molecule has 0 aromatic carbocycles. The Morgan fingerprint density at radius 3 is 2.50 bits per heavy atom. The van der Waals surface area contributed by atoms with Crippen LogP contribution in [0.2, 0.25) is 5.02 Å². The molecule has 3 rings (SSSR count). The van der Waals surface area contributed by atoms with Gasteiger partial charge in [-0.2, -0.15) is 0 Å². The third-order valence-electron chi connectivity index (χ3n) is 5.43. The highest BCUT2D eigenvalue weighted by atomic mass is 35.5. The minimum atomic E-state index is -3.96. The van der Waals surface area contributed by atoms with Gasteiger partial charge in [-0.05, 0) is 19.8 Å². The molecule has 0 spiro atoms. The van der Waals surface area contributed by atoms with Gasteiger partial charge in [0.15, 0.2) is 11.6 Å². The van der Waals surface area contributed by atoms with Crippen LogP contribution in [-0.2, 0) is 24.2 Å². The Kier molecular flexibility index (Phi) is 8.39. The number of methoxy groups -OCH3 is 1. The Bertz CT molecular complexity index is 977. The van der Waals surface area contributed by atoms with Gasteiger partial charge in [0, 0.05) is 25.5 Å². The molecule has 0 amide bonds. The predicted molar refractivity (Wildman–Crippen MR) is 118 cm³/mol. The summed E-state index contributed by atoms with van der Waals surface area (Å²) in [6.07, 6.45) is 2.98. The van der Waals surface area contributed by atoms with Crippen LogP contribution in [0.5, 0.6) is 0 Å². The second kappa shape index (κ2) is 10.8. The van der Waals surface area contributed by atoms with E-state index in [1.54, 1.807) is 4.57 Å². The molecule has 178 valence electrons. The maximum atomic E-state index is 13.3. The van der Waals surface area contributed by atoms with Crippen LogP contribution in [0, 0.1) is 0 Å². The molecular formula is C19H29ClN6O5S. The second-order valence-corrected chi connectivity index (χ2v) is 9.90. The molecule has 32 heavy (non-hydrogen) atoms. The predicted octanol–water partition coefficient (Wildman–Crippen LogP) is 2.69. The number of rotatable bonds is 10. The maximum Gasteiger partial charge on any atom is 0.240 e. The molecule has 3 atom stereocenters. The molecule has 0 saturated carbocycles. The van der Waals surface area contributed by atoms with Crippen LogP contribution in [0.25, 0.3) is 0 Å². The average Bonchev–Trinajstić information content (AvgIpc) is 3.19. The Morgan fingerprint density at radius 1 is 1.25 bits per heavy atom. The Balaban J connectivity index is 1.91. The number of anilines is 1. The first-order chi connectivity index (χ1) is 15.3. The number of hydrogen-bond donors (Lipinski definition) is 1. The van der Waals surface area contributed by atoms with Gasteiger partial charge in [-0.25, -0.2) is 18.4 Å². The number of ether oxygens (including phenoxy) is 3. The van der Waals surface area contributed by atoms with Crippen LogP contribution in [0.4, 0.5) is 5.95 Å². The van der Waals surface area contributed by atoms with Crippen LogP contribution in [-0.4, -0.2) is 65.3 Å². The highest BCUT2D eigenvalue weighted by Crippen LogP contribution is 2.30. The van der Waals surface area contributed by atoms with E-state index in [4.69, 9.17) is 25.8 Å². The lowest BCUT2D eigenvalue weighted by atomic mass is 10.1. The van der Waals surface area contributed by atoms with Gasteiger partial charge >= 0.3 is 0 Å². The summed E-state index contributed by atoms with van der Waals surface area (Å²) in [6.45, 7) is 6.85. The average molecular weight is 489 g/mol. The van der Waals surface area contributed by atoms with E-state index >= 15 is 0 Å². The lowest BCUT2D eigenvalue weighted by Crippen LogP contribution is -2.34. The van der Waals surface area contributed by atoms with Crippen LogP contribution < -0.4 is 4.72 Å². The van der Waals surface area contributed by atoms with Crippen molar-refractivity contribution in [2.24, 2.45) is 0 Å². The zero-order valence-electron chi connectivity index (χ0n) is 18.6. The van der Waals surface area contributed by atoms with E-state index in [2.05, 4.69) is 24.9 Å². The van der Waals surface area contributed by atoms with Crippen molar-refractivity contribution >= 4 is 27.6 Å². The highest BCUT2D eigenvalue weighted by molar-refractivity contribution is 7.93. The highest BCUT2D eigenvalue weighted by Gasteiger charge is 2.35. The largest absolute Gasteiger partial charge is 0.376 e. The molecule has 2 aromatic heterocycles. The van der Waals surface area contributed by atoms with Crippen molar-refractivity contribution in [2.45, 2.75) is 57.1 Å². The lowest BCUT2D eigenvalue weighted by Gasteiger charge is -2.27. The molecule has 0 aliphatic carbocycles. The van der Waals surface area contributed by atoms with Gasteiger partial charge < -0.3 is 14.2 Å². The minimum absolute atomic E-state index is 0.0173. The summed E-state index contributed by atoms with van der Waals surface area (Å²) in [4.78, 5) is 8.21. The van der Waals surface area contributed by atoms with E-state index in [9.17, 15) is 8.42 Å². The molecule has 0 bridgehead atoms. The number of nitrogens with zero attached hydrogens (tertiary/aromatic N) is 5. The third kappa shape index (κ3) is 5.37. The first-order valence-corrected chi connectivity index (χ1v) is 12.4. The van der Waals surface area contributed by atoms with Crippen molar-refractivity contribution in [2.75, 3.05) is 31.7 Å². The first kappa shape index (κ1) is 24.8. The van der Waals surface area contributed by atoms with Gasteiger partial charge in [0.2, 0.25) is 16.0 Å². The zero-order valence-corrected chi connectivity index (χ0v) is 20.1. The Labute approximate surface area is 192 Å². The summed E-state index contributed by atoms with van der Waals surface area (Å²) < 4.78 is 47.6. The van der Waals surface area contributed by atoms with E-state index in [0.29, 0.717) is 30.7 Å². The summed E-state index contributed by atoms with van der Waals surface area (Å²) in [5.41, 5.74) is 0. The van der Waals surface area contributed by atoms with Gasteiger partial charge in [0.1, 0.15) is 17.5 Å². The Morgan fingerprint density at radius 2 is 1.94 bits per heavy atom. The van der Waals surface area contributed by atoms with Crippen molar-refractivity contribution in [1.29, 1.82) is 0 Å². The fourth-order valence-electron chi connectivity index (χ4n) is 3.60. The number of nitrogens with one attached hydrogen (secondary N) is 1. The fraction of sp³-hybridized carbons (Fsp3) is 0.684. The molecule has 13 heteroatoms. The fourth-order valence-corrected chi connectivity index (χ4v) is 4.84. The van der Waals surface area contributed by atoms with E-state index in [-0.39, 0.29) is 17.8 Å². The van der Waals surface area contributed by atoms with E-state index in [1.807, 2.05) is 13.8 Å². The summed E-state index contributed by atoms with van der Waals surface area (Å²) in [5, 5.41) is 7.70. The number of hydrogen-bond acceptors (Lipinski definition) is 9. The molecule has 3 heterocycles. The summed E-state index contributed by atoms with van der Waals surface area (Å²) >= 11 is 5.84. The van der Waals surface area contributed by atoms with E-state index in [0.717, 1.165) is 12.8 Å². The molecular weight excluding hydrogens is 460 g/mol. The summed E-state index contributed by atoms with van der Waals surface area (Å²) in [6, 6.07) is -0.0173. The van der Waals surface area contributed by atoms with E-state index in [1.165, 1.54) is 26.4 Å². The quantitative estimate of drug-likeness (QED) is 0.536. The zero-order chi connectivity index (χ0) is 23.3. The van der Waals surface area contributed by atoms with Crippen LogP contribution >= 0.6 is 11.6 Å². The molecule has 2 unspecified atom stereocenters. The van der Waals surface area contributed by atoms with E-state index < -0.39 is 27.5 Å². The van der Waals surface area contributed by atoms with Gasteiger partial charge in [-0.1, -0.05) is 25.4 Å². The topological polar surface area (TPSA) is 130 Å². The van der Waals surface area contributed by atoms with Crippen molar-refractivity contribution < 1.29 is 22.6 Å². The molecule has 1 N–H and O–H groups in total. The number of halogens is 1. The molecule has 1 aliphatic heterocycles. The van der Waals surface area contributed by atoms with Gasteiger partial charge in [-0.3, -0.25) is 9.29 Å². The van der Waals surface area contributed by atoms with Crippen LogP contribution in [0.3, 0.4) is 0 Å². The SMILES string of the molecule is CCC(CC)n1c(NS(=O)(=O)C(C)C(OC)c2ncc(Cl)cn2)nnc1[C@@H]1COCCO1. The lowest BCUT2D eigenvalue weighted by molar-refractivity contribution is -0.0951. The Hall–Kier alpha value is -1.86. The van der Waals surface area contributed by atoms with Gasteiger partial charge in [-0.15, -0.1) is 10.2 Å². The second-order valence-electron chi connectivity index (χ2n) is 7.42. The van der Waals surface area contributed by atoms with Crippen molar-refractivity contribution in [3.63, 3.8) is 0 Å². The van der Waals surface area contributed by atoms with Gasteiger partial charge in [0.05, 0.1) is 24.8 Å². The van der Waals surface area contributed by atoms with Crippen LogP contribution in [0.15, 0.2) is 12.4 Å². The molecule has 2 aromatic rings. The molecule has 1 saturated heterocycles. The molecule has 1 aliphatic rings. The van der Waals surface area contributed by atoms with Crippen LogP contribution in [0.1, 0.15) is 63.5 Å². The third-order valence-corrected chi connectivity index (χ3v) is 7.32. The number of sulfonamides is 1. The maximum absolute atomic E-state index is 13.3. The molecule has 1 fully saturated rings.